The maximum absolute atomic E-state index is 13.2. The molecule has 0 aliphatic carbocycles. The molecule has 34 heavy (non-hydrogen) atoms. The lowest BCUT2D eigenvalue weighted by Crippen LogP contribution is -2.56. The van der Waals surface area contributed by atoms with Gasteiger partial charge in [0, 0.05) is 44.4 Å². The third-order valence-corrected chi connectivity index (χ3v) is 7.44. The Balaban J connectivity index is 1.24. The Hall–Kier alpha value is -3.38. The number of hydrogen-bond donors (Lipinski definition) is 0. The van der Waals surface area contributed by atoms with Gasteiger partial charge in [0.2, 0.25) is 0 Å². The maximum atomic E-state index is 13.2. The summed E-state index contributed by atoms with van der Waals surface area (Å²) in [6, 6.07) is 21.5. The number of ketones is 1. The molecule has 2 aliphatic rings. The first-order valence-corrected chi connectivity index (χ1v) is 12.0. The van der Waals surface area contributed by atoms with E-state index in [-0.39, 0.29) is 17.2 Å². The molecular weight excluding hydrogens is 426 g/mol. The van der Waals surface area contributed by atoms with Crippen molar-refractivity contribution in [3.63, 3.8) is 0 Å². The minimum Gasteiger partial charge on any atom is -0.489 e. The summed E-state index contributed by atoms with van der Waals surface area (Å²) in [5.74, 6) is 0.918. The van der Waals surface area contributed by atoms with Crippen LogP contribution in [0, 0.1) is 0 Å². The van der Waals surface area contributed by atoms with E-state index in [1.165, 1.54) is 5.69 Å². The first-order chi connectivity index (χ1) is 16.5. The molecular formula is C28H31N3O3. The largest absolute Gasteiger partial charge is 0.489 e. The quantitative estimate of drug-likeness (QED) is 0.535. The van der Waals surface area contributed by atoms with Crippen molar-refractivity contribution in [2.24, 2.45) is 0 Å². The van der Waals surface area contributed by atoms with Crippen LogP contribution in [0.3, 0.4) is 0 Å². The van der Waals surface area contributed by atoms with Crippen LogP contribution in [0.25, 0.3) is 0 Å². The molecule has 2 aliphatic heterocycles. The molecule has 0 unspecified atom stereocenters. The Labute approximate surface area is 200 Å². The standard InChI is InChI=1S/C28H31N3O3/c1-21(32)25-12-13-26-28(29(2)18-19-31(25)26)14-16-30(17-15-28)27(33)23-8-10-24(11-9-23)34-20-22-6-4-3-5-7-22/h3-13H,14-20H2,1-2H3. The Kier molecular flexibility index (Phi) is 6.00. The van der Waals surface area contributed by atoms with Crippen molar-refractivity contribution >= 4 is 11.7 Å². The van der Waals surface area contributed by atoms with Crippen LogP contribution in [0.4, 0.5) is 0 Å². The van der Waals surface area contributed by atoms with E-state index < -0.39 is 0 Å². The van der Waals surface area contributed by atoms with Crippen LogP contribution in [0.2, 0.25) is 0 Å². The number of fused-ring (bicyclic) bond motifs is 2. The maximum Gasteiger partial charge on any atom is 0.253 e. The Morgan fingerprint density at radius 1 is 0.882 bits per heavy atom. The molecule has 1 fully saturated rings. The van der Waals surface area contributed by atoms with Crippen molar-refractivity contribution in [2.75, 3.05) is 26.7 Å². The van der Waals surface area contributed by atoms with Crippen LogP contribution in [-0.2, 0) is 18.7 Å². The molecule has 5 rings (SSSR count). The van der Waals surface area contributed by atoms with Crippen LogP contribution in [0.1, 0.15) is 51.9 Å². The van der Waals surface area contributed by atoms with Gasteiger partial charge in [-0.15, -0.1) is 0 Å². The molecule has 3 heterocycles. The van der Waals surface area contributed by atoms with Crippen LogP contribution >= 0.6 is 0 Å². The van der Waals surface area contributed by atoms with E-state index in [0.717, 1.165) is 42.9 Å². The summed E-state index contributed by atoms with van der Waals surface area (Å²) in [5.41, 5.74) is 3.66. The fraction of sp³-hybridized carbons (Fsp3) is 0.357. The minimum atomic E-state index is -0.127. The SMILES string of the molecule is CC(=O)c1ccc2n1CCN(C)C21CCN(C(=O)c2ccc(OCc3ccccc3)cc2)CC1. The number of likely N-dealkylation sites (N-methyl/N-ethyl adjacent to an activating group) is 1. The predicted octanol–water partition coefficient (Wildman–Crippen LogP) is 4.35. The molecule has 0 atom stereocenters. The second kappa shape index (κ2) is 9.11. The number of carbonyl (C=O) groups excluding carboxylic acids is 2. The first-order valence-electron chi connectivity index (χ1n) is 12.0. The van der Waals surface area contributed by atoms with E-state index in [0.29, 0.717) is 25.3 Å². The van der Waals surface area contributed by atoms with Crippen LogP contribution in [0.5, 0.6) is 5.75 Å². The third kappa shape index (κ3) is 4.03. The van der Waals surface area contributed by atoms with Crippen LogP contribution < -0.4 is 4.74 Å². The van der Waals surface area contributed by atoms with Gasteiger partial charge < -0.3 is 14.2 Å². The molecule has 1 aromatic heterocycles. The number of ether oxygens (including phenoxy) is 1. The molecule has 1 amide bonds. The van der Waals surface area contributed by atoms with Crippen molar-refractivity contribution < 1.29 is 14.3 Å². The summed E-state index contributed by atoms with van der Waals surface area (Å²) >= 11 is 0. The zero-order valence-corrected chi connectivity index (χ0v) is 19.9. The zero-order valence-electron chi connectivity index (χ0n) is 19.9. The van der Waals surface area contributed by atoms with Crippen molar-refractivity contribution in [3.8, 4) is 5.75 Å². The lowest BCUT2D eigenvalue weighted by Gasteiger charge is -2.50. The summed E-state index contributed by atoms with van der Waals surface area (Å²) < 4.78 is 8.04. The number of amides is 1. The second-order valence-corrected chi connectivity index (χ2v) is 9.36. The van der Waals surface area contributed by atoms with Gasteiger partial charge in [-0.05, 0) is 61.9 Å². The molecule has 3 aromatic rings. The molecule has 6 heteroatoms. The summed E-state index contributed by atoms with van der Waals surface area (Å²) in [7, 11) is 2.16. The van der Waals surface area contributed by atoms with Crippen molar-refractivity contribution in [3.05, 3.63) is 89.2 Å². The minimum absolute atomic E-state index is 0.0581. The predicted molar refractivity (Wildman–Crippen MR) is 131 cm³/mol. The lowest BCUT2D eigenvalue weighted by atomic mass is 9.81. The first kappa shape index (κ1) is 22.4. The van der Waals surface area contributed by atoms with Gasteiger partial charge in [-0.2, -0.15) is 0 Å². The second-order valence-electron chi connectivity index (χ2n) is 9.36. The molecule has 0 radical (unpaired) electrons. The molecule has 2 aromatic carbocycles. The highest BCUT2D eigenvalue weighted by atomic mass is 16.5. The third-order valence-electron chi connectivity index (χ3n) is 7.44. The van der Waals surface area contributed by atoms with E-state index >= 15 is 0 Å². The Bertz CT molecular complexity index is 1180. The Morgan fingerprint density at radius 3 is 2.26 bits per heavy atom. The Morgan fingerprint density at radius 2 is 1.59 bits per heavy atom. The molecule has 0 bridgehead atoms. The highest BCUT2D eigenvalue weighted by Crippen LogP contribution is 2.41. The molecule has 0 N–H and O–H groups in total. The van der Waals surface area contributed by atoms with E-state index in [2.05, 4.69) is 22.6 Å². The van der Waals surface area contributed by atoms with E-state index in [4.69, 9.17) is 4.74 Å². The zero-order chi connectivity index (χ0) is 23.7. The number of hydrogen-bond acceptors (Lipinski definition) is 4. The number of benzene rings is 2. The molecule has 0 saturated carbocycles. The fourth-order valence-corrected chi connectivity index (χ4v) is 5.42. The van der Waals surface area contributed by atoms with Gasteiger partial charge in [0.05, 0.1) is 11.2 Å². The smallest absolute Gasteiger partial charge is 0.253 e. The monoisotopic (exact) mass is 457 g/mol. The van der Waals surface area contributed by atoms with Crippen LogP contribution in [0.15, 0.2) is 66.7 Å². The van der Waals surface area contributed by atoms with Gasteiger partial charge in [0.1, 0.15) is 12.4 Å². The summed E-state index contributed by atoms with van der Waals surface area (Å²) in [6.07, 6.45) is 1.71. The highest BCUT2D eigenvalue weighted by Gasteiger charge is 2.45. The van der Waals surface area contributed by atoms with Gasteiger partial charge >= 0.3 is 0 Å². The number of likely N-dealkylation sites (tertiary alicyclic amines) is 1. The highest BCUT2D eigenvalue weighted by molar-refractivity contribution is 5.94. The van der Waals surface area contributed by atoms with Gasteiger partial charge in [0.25, 0.3) is 5.91 Å². The number of rotatable bonds is 5. The van der Waals surface area contributed by atoms with Gasteiger partial charge in [-0.25, -0.2) is 0 Å². The van der Waals surface area contributed by atoms with Crippen LogP contribution in [-0.4, -0.2) is 52.7 Å². The van der Waals surface area contributed by atoms with E-state index in [1.807, 2.05) is 65.6 Å². The van der Waals surface area contributed by atoms with Crippen molar-refractivity contribution in [1.82, 2.24) is 14.4 Å². The molecule has 6 nitrogen and oxygen atoms in total. The summed E-state index contributed by atoms with van der Waals surface area (Å²) in [5, 5.41) is 0. The summed E-state index contributed by atoms with van der Waals surface area (Å²) in [6.45, 7) is 5.25. The normalized spacial score (nSPS) is 17.4. The van der Waals surface area contributed by atoms with Gasteiger partial charge in [-0.1, -0.05) is 30.3 Å². The average molecular weight is 458 g/mol. The molecule has 1 spiro atoms. The lowest BCUT2D eigenvalue weighted by molar-refractivity contribution is 0.0128. The average Bonchev–Trinajstić information content (AvgIpc) is 3.32. The molecule has 1 saturated heterocycles. The number of Topliss-reactive ketones (excluding diaryl/α,β-unsaturated/α-hetero) is 1. The molecule has 176 valence electrons. The number of piperidine rings is 1. The summed E-state index contributed by atoms with van der Waals surface area (Å²) in [4.78, 5) is 29.6. The van der Waals surface area contributed by atoms with Crippen molar-refractivity contribution in [1.29, 1.82) is 0 Å². The number of aromatic nitrogens is 1. The number of nitrogens with zero attached hydrogens (tertiary/aromatic N) is 3. The fourth-order valence-electron chi connectivity index (χ4n) is 5.42. The van der Waals surface area contributed by atoms with Gasteiger partial charge in [0.15, 0.2) is 5.78 Å². The van der Waals surface area contributed by atoms with E-state index in [1.54, 1.807) is 6.92 Å². The van der Waals surface area contributed by atoms with E-state index in [9.17, 15) is 9.59 Å². The number of carbonyl (C=O) groups is 2. The van der Waals surface area contributed by atoms with Gasteiger partial charge in [-0.3, -0.25) is 14.5 Å². The topological polar surface area (TPSA) is 54.8 Å². The van der Waals surface area contributed by atoms with Crippen molar-refractivity contribution in [2.45, 2.75) is 38.5 Å².